The Labute approximate surface area is 87.0 Å². The van der Waals surface area contributed by atoms with E-state index in [1.807, 2.05) is 32.9 Å². The summed E-state index contributed by atoms with van der Waals surface area (Å²) in [7, 11) is 0. The number of hydrogen-bond acceptors (Lipinski definition) is 3. The highest BCUT2D eigenvalue weighted by Crippen LogP contribution is 2.21. The summed E-state index contributed by atoms with van der Waals surface area (Å²) in [4.78, 5) is 14.6. The SMILES string of the molecule is Cc1ccc2c(nc(C)n2NN=O)c1C. The van der Waals surface area contributed by atoms with Gasteiger partial charge in [-0.15, -0.1) is 4.91 Å². The molecule has 78 valence electrons. The molecular weight excluding hydrogens is 192 g/mol. The van der Waals surface area contributed by atoms with Crippen LogP contribution in [0.3, 0.4) is 0 Å². The van der Waals surface area contributed by atoms with Crippen molar-refractivity contribution in [2.75, 3.05) is 5.53 Å². The summed E-state index contributed by atoms with van der Waals surface area (Å²) in [5.41, 5.74) is 6.46. The zero-order valence-corrected chi connectivity index (χ0v) is 8.90. The minimum absolute atomic E-state index is 0.721. The molecule has 5 nitrogen and oxygen atoms in total. The minimum atomic E-state index is 0.721. The van der Waals surface area contributed by atoms with Crippen molar-refractivity contribution in [2.24, 2.45) is 5.29 Å². The van der Waals surface area contributed by atoms with Crippen LogP contribution >= 0.6 is 0 Å². The maximum absolute atomic E-state index is 10.2. The lowest BCUT2D eigenvalue weighted by atomic mass is 10.1. The second-order valence-corrected chi connectivity index (χ2v) is 3.56. The molecule has 0 spiro atoms. The zero-order valence-electron chi connectivity index (χ0n) is 8.90. The van der Waals surface area contributed by atoms with Gasteiger partial charge in [0, 0.05) is 0 Å². The molecule has 0 atom stereocenters. The lowest BCUT2D eigenvalue weighted by Crippen LogP contribution is -2.08. The van der Waals surface area contributed by atoms with E-state index < -0.39 is 0 Å². The topological polar surface area (TPSA) is 59.3 Å². The molecule has 1 aromatic carbocycles. The van der Waals surface area contributed by atoms with Gasteiger partial charge in [0.15, 0.2) is 0 Å². The Balaban J connectivity index is 2.78. The molecule has 2 aromatic rings. The largest absolute Gasteiger partial charge is 0.231 e. The Morgan fingerprint density at radius 2 is 2.07 bits per heavy atom. The Kier molecular flexibility index (Phi) is 2.15. The van der Waals surface area contributed by atoms with Crippen molar-refractivity contribution < 1.29 is 0 Å². The summed E-state index contributed by atoms with van der Waals surface area (Å²) in [6.07, 6.45) is 0. The number of fused-ring (bicyclic) bond motifs is 1. The molecule has 2 rings (SSSR count). The molecule has 0 saturated heterocycles. The van der Waals surface area contributed by atoms with Crippen molar-refractivity contribution in [1.82, 2.24) is 9.66 Å². The second kappa shape index (κ2) is 3.34. The summed E-state index contributed by atoms with van der Waals surface area (Å²) >= 11 is 0. The van der Waals surface area contributed by atoms with Gasteiger partial charge >= 0.3 is 0 Å². The molecule has 1 heterocycles. The third-order valence-electron chi connectivity index (χ3n) is 2.66. The normalized spacial score (nSPS) is 10.6. The minimum Gasteiger partial charge on any atom is -0.231 e. The standard InChI is InChI=1S/C10H12N4O/c1-6-4-5-9-10(7(6)2)11-8(3)14(9)12-13-15/h4-5H,1-3H3,(H,12,15). The fraction of sp³-hybridized carbons (Fsp3) is 0.300. The number of aromatic nitrogens is 2. The molecule has 0 amide bonds. The van der Waals surface area contributed by atoms with Crippen LogP contribution in [-0.2, 0) is 0 Å². The van der Waals surface area contributed by atoms with E-state index >= 15 is 0 Å². The van der Waals surface area contributed by atoms with Gasteiger partial charge in [0.05, 0.1) is 16.3 Å². The van der Waals surface area contributed by atoms with Crippen LogP contribution in [0.2, 0.25) is 0 Å². The second-order valence-electron chi connectivity index (χ2n) is 3.56. The molecule has 0 fully saturated rings. The molecule has 1 aromatic heterocycles. The average molecular weight is 204 g/mol. The lowest BCUT2D eigenvalue weighted by Gasteiger charge is -2.03. The Hall–Kier alpha value is -1.91. The molecule has 0 saturated carbocycles. The zero-order chi connectivity index (χ0) is 11.0. The van der Waals surface area contributed by atoms with Crippen molar-refractivity contribution in [3.05, 3.63) is 34.0 Å². The van der Waals surface area contributed by atoms with Gasteiger partial charge in [-0.2, -0.15) is 5.53 Å². The van der Waals surface area contributed by atoms with Crippen LogP contribution in [0.1, 0.15) is 17.0 Å². The van der Waals surface area contributed by atoms with Gasteiger partial charge in [0.1, 0.15) is 5.82 Å². The first-order valence-electron chi connectivity index (χ1n) is 4.68. The summed E-state index contributed by atoms with van der Waals surface area (Å²) in [6.45, 7) is 5.88. The molecule has 1 N–H and O–H groups in total. The average Bonchev–Trinajstić information content (AvgIpc) is 2.52. The van der Waals surface area contributed by atoms with Gasteiger partial charge in [0.25, 0.3) is 0 Å². The first-order chi connectivity index (χ1) is 7.15. The molecular formula is C10H12N4O. The Morgan fingerprint density at radius 1 is 1.33 bits per heavy atom. The maximum atomic E-state index is 10.2. The molecule has 0 aliphatic carbocycles. The van der Waals surface area contributed by atoms with Crippen LogP contribution in [-0.4, -0.2) is 9.66 Å². The van der Waals surface area contributed by atoms with Gasteiger partial charge in [-0.25, -0.2) is 9.66 Å². The van der Waals surface area contributed by atoms with Crippen molar-refractivity contribution in [1.29, 1.82) is 0 Å². The van der Waals surface area contributed by atoms with Crippen LogP contribution in [0.5, 0.6) is 0 Å². The summed E-state index contributed by atoms with van der Waals surface area (Å²) in [5, 5.41) is 2.66. The van der Waals surface area contributed by atoms with E-state index in [0.717, 1.165) is 22.4 Å². The molecule has 5 heteroatoms. The third-order valence-corrected chi connectivity index (χ3v) is 2.66. The smallest absolute Gasteiger partial charge is 0.127 e. The molecule has 0 unspecified atom stereocenters. The number of nitrogens with zero attached hydrogens (tertiary/aromatic N) is 3. The van der Waals surface area contributed by atoms with Gasteiger partial charge < -0.3 is 0 Å². The number of imidazole rings is 1. The predicted molar refractivity (Wildman–Crippen MR) is 59.1 cm³/mol. The van der Waals surface area contributed by atoms with E-state index in [4.69, 9.17) is 0 Å². The van der Waals surface area contributed by atoms with Crippen LogP contribution in [0.15, 0.2) is 17.4 Å². The molecule has 0 radical (unpaired) electrons. The monoisotopic (exact) mass is 204 g/mol. The van der Waals surface area contributed by atoms with Gasteiger partial charge in [-0.1, -0.05) is 6.07 Å². The van der Waals surface area contributed by atoms with Crippen molar-refractivity contribution in [2.45, 2.75) is 20.8 Å². The number of aryl methyl sites for hydroxylation is 3. The lowest BCUT2D eigenvalue weighted by molar-refractivity contribution is 0.855. The fourth-order valence-corrected chi connectivity index (χ4v) is 1.66. The predicted octanol–water partition coefficient (Wildman–Crippen LogP) is 2.19. The maximum Gasteiger partial charge on any atom is 0.127 e. The summed E-state index contributed by atoms with van der Waals surface area (Å²) in [5.74, 6) is 0.721. The fourth-order valence-electron chi connectivity index (χ4n) is 1.66. The third kappa shape index (κ3) is 1.36. The first-order valence-corrected chi connectivity index (χ1v) is 4.68. The van der Waals surface area contributed by atoms with Crippen molar-refractivity contribution in [3.63, 3.8) is 0 Å². The van der Waals surface area contributed by atoms with Crippen LogP contribution in [0, 0.1) is 25.7 Å². The summed E-state index contributed by atoms with van der Waals surface area (Å²) < 4.78 is 1.58. The van der Waals surface area contributed by atoms with E-state index in [0.29, 0.717) is 0 Å². The molecule has 15 heavy (non-hydrogen) atoms. The number of nitroso groups, excluding NO2 is 1. The molecule has 0 bridgehead atoms. The van der Waals surface area contributed by atoms with E-state index in [1.165, 1.54) is 5.56 Å². The van der Waals surface area contributed by atoms with Crippen LogP contribution in [0.25, 0.3) is 11.0 Å². The highest BCUT2D eigenvalue weighted by Gasteiger charge is 2.10. The van der Waals surface area contributed by atoms with Gasteiger partial charge in [0.2, 0.25) is 0 Å². The molecule has 0 aliphatic heterocycles. The number of benzene rings is 1. The van der Waals surface area contributed by atoms with E-state index in [1.54, 1.807) is 4.68 Å². The van der Waals surface area contributed by atoms with E-state index in [2.05, 4.69) is 15.8 Å². The van der Waals surface area contributed by atoms with E-state index in [9.17, 15) is 4.91 Å². The Bertz CT molecular complexity index is 530. The van der Waals surface area contributed by atoms with Gasteiger partial charge in [-0.3, -0.25) is 0 Å². The number of rotatable bonds is 2. The highest BCUT2D eigenvalue weighted by molar-refractivity contribution is 5.80. The quantitative estimate of drug-likeness (QED) is 0.602. The van der Waals surface area contributed by atoms with Crippen molar-refractivity contribution >= 4 is 11.0 Å². The van der Waals surface area contributed by atoms with Crippen LogP contribution < -0.4 is 5.53 Å². The summed E-state index contributed by atoms with van der Waals surface area (Å²) in [6, 6.07) is 3.93. The van der Waals surface area contributed by atoms with Gasteiger partial charge in [-0.05, 0) is 38.0 Å². The van der Waals surface area contributed by atoms with Crippen LogP contribution in [0.4, 0.5) is 0 Å². The molecule has 0 aliphatic rings. The van der Waals surface area contributed by atoms with E-state index in [-0.39, 0.29) is 0 Å². The Morgan fingerprint density at radius 3 is 2.73 bits per heavy atom. The first kappa shape index (κ1) is 9.64. The van der Waals surface area contributed by atoms with Crippen molar-refractivity contribution in [3.8, 4) is 0 Å². The number of nitrogens with one attached hydrogen (secondary N) is 1. The number of hydrogen-bond donors (Lipinski definition) is 1. The highest BCUT2D eigenvalue weighted by atomic mass is 16.3.